The van der Waals surface area contributed by atoms with Crippen LogP contribution >= 0.6 is 0 Å². The number of fused-ring (bicyclic) bond motifs is 1. The number of amides is 1. The predicted molar refractivity (Wildman–Crippen MR) is 116 cm³/mol. The Balaban J connectivity index is 1.83. The molecule has 0 saturated heterocycles. The Labute approximate surface area is 186 Å². The normalized spacial score (nSPS) is 12.1. The molecule has 0 aliphatic heterocycles. The number of esters is 1. The molecule has 1 heterocycles. The Morgan fingerprint density at radius 3 is 2.52 bits per heavy atom. The number of rotatable bonds is 9. The molecule has 1 unspecified atom stereocenters. The van der Waals surface area contributed by atoms with E-state index in [0.29, 0.717) is 22.3 Å². The van der Waals surface area contributed by atoms with Crippen molar-refractivity contribution >= 4 is 40.1 Å². The van der Waals surface area contributed by atoms with Crippen molar-refractivity contribution in [3.63, 3.8) is 0 Å². The van der Waals surface area contributed by atoms with E-state index in [0.717, 1.165) is 0 Å². The molecule has 1 aromatic heterocycles. The van der Waals surface area contributed by atoms with Gasteiger partial charge in [0.05, 0.1) is 36.5 Å². The zero-order valence-electron chi connectivity index (χ0n) is 18.0. The summed E-state index contributed by atoms with van der Waals surface area (Å²) in [5, 5.41) is 10.4. The van der Waals surface area contributed by atoms with Gasteiger partial charge in [-0.1, -0.05) is 0 Å². The second kappa shape index (κ2) is 10.4. The molecule has 3 aromatic rings. The lowest BCUT2D eigenvalue weighted by Crippen LogP contribution is -2.31. The first-order valence-electron chi connectivity index (χ1n) is 9.63. The van der Waals surface area contributed by atoms with E-state index >= 15 is 0 Å². The maximum atomic E-state index is 12.7. The van der Waals surface area contributed by atoms with Gasteiger partial charge in [0.2, 0.25) is 6.04 Å². The smallest absolute Gasteiger partial charge is 0.337 e. The lowest BCUT2D eigenvalue weighted by atomic mass is 10.1. The molecule has 3 N–H and O–H groups in total. The highest BCUT2D eigenvalue weighted by Crippen LogP contribution is 2.21. The highest BCUT2D eigenvalue weighted by Gasteiger charge is 2.23. The molecule has 0 spiro atoms. The minimum Gasteiger partial charge on any atom is -0.465 e. The van der Waals surface area contributed by atoms with E-state index in [1.165, 1.54) is 33.3 Å². The quantitative estimate of drug-likeness (QED) is 0.146. The first-order chi connectivity index (χ1) is 15.8. The van der Waals surface area contributed by atoms with E-state index in [4.69, 9.17) is 9.62 Å². The van der Waals surface area contributed by atoms with Crippen molar-refractivity contribution in [3.05, 3.63) is 58.0 Å². The van der Waals surface area contributed by atoms with Crippen LogP contribution in [-0.2, 0) is 30.7 Å². The van der Waals surface area contributed by atoms with E-state index in [9.17, 15) is 19.2 Å². The minimum atomic E-state index is -1.44. The van der Waals surface area contributed by atoms with Crippen molar-refractivity contribution in [2.45, 2.75) is 19.6 Å². The van der Waals surface area contributed by atoms with Gasteiger partial charge in [0, 0.05) is 5.69 Å². The third kappa shape index (κ3) is 5.96. The number of ether oxygens (including phenoxy) is 1. The molecule has 172 valence electrons. The molecule has 0 aliphatic rings. The van der Waals surface area contributed by atoms with Gasteiger partial charge in [-0.25, -0.2) is 19.4 Å². The van der Waals surface area contributed by atoms with Gasteiger partial charge in [-0.05, 0) is 48.9 Å². The Morgan fingerprint density at radius 2 is 1.82 bits per heavy atom. The SMILES string of the molecule is COOCc1cc(N=NC(C(C)=O)C(=O)Nc2ccc3[nH]c(=O)[nH]c3c2)cc(C(=O)OC)c1. The highest BCUT2D eigenvalue weighted by atomic mass is 17.2. The van der Waals surface area contributed by atoms with Gasteiger partial charge >= 0.3 is 11.7 Å². The predicted octanol–water partition coefficient (Wildman–Crippen LogP) is 2.40. The lowest BCUT2D eigenvalue weighted by molar-refractivity contribution is -0.282. The summed E-state index contributed by atoms with van der Waals surface area (Å²) in [5.41, 5.74) is 1.96. The number of azo groups is 1. The zero-order chi connectivity index (χ0) is 24.0. The van der Waals surface area contributed by atoms with Crippen LogP contribution in [0.4, 0.5) is 11.4 Å². The van der Waals surface area contributed by atoms with E-state index < -0.39 is 23.7 Å². The number of H-pyrrole nitrogens is 2. The van der Waals surface area contributed by atoms with Gasteiger partial charge in [-0.2, -0.15) is 10.2 Å². The molecule has 1 amide bonds. The average Bonchev–Trinajstić information content (AvgIpc) is 3.16. The number of anilines is 1. The van der Waals surface area contributed by atoms with Crippen molar-refractivity contribution < 1.29 is 28.9 Å². The number of nitrogens with one attached hydrogen (secondary N) is 3. The van der Waals surface area contributed by atoms with Crippen LogP contribution in [-0.4, -0.2) is 47.9 Å². The van der Waals surface area contributed by atoms with Crippen LogP contribution in [0.2, 0.25) is 0 Å². The summed E-state index contributed by atoms with van der Waals surface area (Å²) in [5.74, 6) is -1.86. The first-order valence-corrected chi connectivity index (χ1v) is 9.63. The Bertz CT molecular complexity index is 1280. The molecular weight excluding hydrogens is 434 g/mol. The number of ketones is 1. The van der Waals surface area contributed by atoms with Crippen molar-refractivity contribution in [1.82, 2.24) is 9.97 Å². The van der Waals surface area contributed by atoms with Crippen molar-refractivity contribution in [1.29, 1.82) is 0 Å². The van der Waals surface area contributed by atoms with Gasteiger partial charge in [-0.15, -0.1) is 0 Å². The molecule has 0 bridgehead atoms. The maximum Gasteiger partial charge on any atom is 0.337 e. The lowest BCUT2D eigenvalue weighted by Gasteiger charge is -2.10. The number of carbonyl (C=O) groups is 3. The summed E-state index contributed by atoms with van der Waals surface area (Å²) in [6, 6.07) is 7.76. The summed E-state index contributed by atoms with van der Waals surface area (Å²) >= 11 is 0. The van der Waals surface area contributed by atoms with Gasteiger partial charge in [0.1, 0.15) is 6.61 Å². The molecule has 0 aliphatic carbocycles. The molecule has 33 heavy (non-hydrogen) atoms. The molecular formula is C21H21N5O7. The van der Waals surface area contributed by atoms with Crippen LogP contribution in [0.1, 0.15) is 22.8 Å². The monoisotopic (exact) mass is 455 g/mol. The maximum absolute atomic E-state index is 12.7. The summed E-state index contributed by atoms with van der Waals surface area (Å²) in [6.45, 7) is 1.23. The van der Waals surface area contributed by atoms with Crippen LogP contribution in [0.25, 0.3) is 11.0 Å². The van der Waals surface area contributed by atoms with Crippen LogP contribution in [0.15, 0.2) is 51.4 Å². The highest BCUT2D eigenvalue weighted by molar-refractivity contribution is 6.10. The molecule has 12 heteroatoms. The van der Waals surface area contributed by atoms with Crippen LogP contribution in [0.5, 0.6) is 0 Å². The number of aromatic nitrogens is 2. The van der Waals surface area contributed by atoms with E-state index in [2.05, 4.69) is 30.4 Å². The third-order valence-electron chi connectivity index (χ3n) is 4.45. The Kier molecular flexibility index (Phi) is 7.43. The molecule has 1 atom stereocenters. The van der Waals surface area contributed by atoms with Crippen LogP contribution in [0.3, 0.4) is 0 Å². The number of nitrogens with zero attached hydrogens (tertiary/aromatic N) is 2. The van der Waals surface area contributed by atoms with Crippen LogP contribution in [0, 0.1) is 0 Å². The van der Waals surface area contributed by atoms with Crippen molar-refractivity contribution in [2.75, 3.05) is 19.5 Å². The van der Waals surface area contributed by atoms with E-state index in [-0.39, 0.29) is 23.5 Å². The fraction of sp³-hybridized carbons (Fsp3) is 0.238. The fourth-order valence-corrected chi connectivity index (χ4v) is 2.94. The molecule has 3 rings (SSSR count). The number of carbonyl (C=O) groups excluding carboxylic acids is 3. The number of benzene rings is 2. The topological polar surface area (TPSA) is 164 Å². The Morgan fingerprint density at radius 1 is 1.06 bits per heavy atom. The molecule has 2 aromatic carbocycles. The van der Waals surface area contributed by atoms with E-state index in [1.54, 1.807) is 24.3 Å². The van der Waals surface area contributed by atoms with Crippen molar-refractivity contribution in [3.8, 4) is 0 Å². The van der Waals surface area contributed by atoms with E-state index in [1.807, 2.05) is 0 Å². The minimum absolute atomic E-state index is 0.0181. The summed E-state index contributed by atoms with van der Waals surface area (Å²) < 4.78 is 4.73. The standard InChI is InChI=1S/C21H21N5O7/c1-11(27)18(19(28)22-14-4-5-16-17(9-14)24-21(30)23-16)26-25-15-7-12(10-33-32-3)6-13(8-15)20(29)31-2/h4-9,18H,10H2,1-3H3,(H,22,28)(H2,23,24,30). The number of hydrogen-bond acceptors (Lipinski definition) is 9. The number of Topliss-reactive ketones (excluding diaryl/α,β-unsaturated/α-hetero) is 1. The fourth-order valence-electron chi connectivity index (χ4n) is 2.94. The van der Waals surface area contributed by atoms with Crippen molar-refractivity contribution in [2.24, 2.45) is 10.2 Å². The number of methoxy groups -OCH3 is 1. The molecule has 12 nitrogen and oxygen atoms in total. The van der Waals surface area contributed by atoms with Gasteiger partial charge in [-0.3, -0.25) is 9.59 Å². The second-order valence-electron chi connectivity index (χ2n) is 6.87. The summed E-state index contributed by atoms with van der Waals surface area (Å²) in [7, 11) is 2.57. The Hall–Kier alpha value is -4.16. The molecule has 0 saturated carbocycles. The number of hydrogen-bond donors (Lipinski definition) is 3. The van der Waals surface area contributed by atoms with Gasteiger partial charge in [0.25, 0.3) is 5.91 Å². The largest absolute Gasteiger partial charge is 0.465 e. The zero-order valence-corrected chi connectivity index (χ0v) is 18.0. The summed E-state index contributed by atoms with van der Waals surface area (Å²) in [6.07, 6.45) is 0. The number of aromatic amines is 2. The molecule has 0 radical (unpaired) electrons. The van der Waals surface area contributed by atoms with Crippen LogP contribution < -0.4 is 11.0 Å². The second-order valence-corrected chi connectivity index (χ2v) is 6.87. The summed E-state index contributed by atoms with van der Waals surface area (Å²) in [4.78, 5) is 62.7. The average molecular weight is 455 g/mol. The van der Waals surface area contributed by atoms with Gasteiger partial charge in [0.15, 0.2) is 5.78 Å². The third-order valence-corrected chi connectivity index (χ3v) is 4.45. The number of imidazole rings is 1. The van der Waals surface area contributed by atoms with Gasteiger partial charge < -0.3 is 20.0 Å². The first kappa shape index (κ1) is 23.5. The molecule has 0 fully saturated rings.